The average molecular weight is 288 g/mol. The van der Waals surface area contributed by atoms with Crippen LogP contribution in [0.2, 0.25) is 0 Å². The lowest BCUT2D eigenvalue weighted by Crippen LogP contribution is -2.45. The summed E-state index contributed by atoms with van der Waals surface area (Å²) in [6, 6.07) is 2.88. The van der Waals surface area contributed by atoms with Crippen molar-refractivity contribution >= 4 is 11.7 Å². The number of carboxylic acids is 1. The molecule has 110 valence electrons. The smallest absolute Gasteiger partial charge is 0.416 e. The van der Waals surface area contributed by atoms with Crippen LogP contribution in [-0.2, 0) is 6.18 Å². The van der Waals surface area contributed by atoms with Crippen LogP contribution < -0.4 is 4.90 Å². The van der Waals surface area contributed by atoms with Crippen LogP contribution in [0.25, 0.3) is 0 Å². The molecule has 0 radical (unpaired) electrons. The largest absolute Gasteiger partial charge is 0.478 e. The molecule has 20 heavy (non-hydrogen) atoms. The Bertz CT molecular complexity index is 509. The standard InChI is InChI=1S/C13H15F3N2O2/c1-17-4-6-18(7-5-17)11-3-2-9(13(14,15)16)8-10(11)12(19)20/h2-3,8H,4-7H2,1H3,(H,19,20). The molecule has 0 aliphatic carbocycles. The Morgan fingerprint density at radius 1 is 1.20 bits per heavy atom. The van der Waals surface area contributed by atoms with Crippen LogP contribution in [0.5, 0.6) is 0 Å². The van der Waals surface area contributed by atoms with Gasteiger partial charge in [-0.25, -0.2) is 4.79 Å². The lowest BCUT2D eigenvalue weighted by atomic mass is 10.1. The number of likely N-dealkylation sites (N-methyl/N-ethyl adjacent to an activating group) is 1. The van der Waals surface area contributed by atoms with Crippen LogP contribution in [-0.4, -0.2) is 49.2 Å². The van der Waals surface area contributed by atoms with Gasteiger partial charge in [0.25, 0.3) is 0 Å². The molecule has 2 rings (SSSR count). The number of piperazine rings is 1. The fraction of sp³-hybridized carbons (Fsp3) is 0.462. The summed E-state index contributed by atoms with van der Waals surface area (Å²) in [5.74, 6) is -1.34. The maximum absolute atomic E-state index is 12.6. The summed E-state index contributed by atoms with van der Waals surface area (Å²) < 4.78 is 37.9. The zero-order valence-electron chi connectivity index (χ0n) is 10.9. The minimum Gasteiger partial charge on any atom is -0.478 e. The molecule has 1 aromatic carbocycles. The van der Waals surface area contributed by atoms with Crippen LogP contribution in [0.3, 0.4) is 0 Å². The molecule has 7 heteroatoms. The number of rotatable bonds is 2. The quantitative estimate of drug-likeness (QED) is 0.905. The molecule has 4 nitrogen and oxygen atoms in total. The molecule has 1 aromatic rings. The van der Waals surface area contributed by atoms with E-state index in [0.29, 0.717) is 24.8 Å². The molecule has 1 N–H and O–H groups in total. The molecule has 0 bridgehead atoms. The summed E-state index contributed by atoms with van der Waals surface area (Å²) in [7, 11) is 1.95. The molecule has 0 amide bonds. The molecule has 0 unspecified atom stereocenters. The molecular formula is C13H15F3N2O2. The first kappa shape index (κ1) is 14.6. The SMILES string of the molecule is CN1CCN(c2ccc(C(F)(F)F)cc2C(=O)O)CC1. The highest BCUT2D eigenvalue weighted by Gasteiger charge is 2.32. The molecule has 1 aliphatic rings. The van der Waals surface area contributed by atoms with Crippen molar-refractivity contribution in [1.82, 2.24) is 4.90 Å². The van der Waals surface area contributed by atoms with Gasteiger partial charge < -0.3 is 14.9 Å². The van der Waals surface area contributed by atoms with Gasteiger partial charge in [0.15, 0.2) is 0 Å². The van der Waals surface area contributed by atoms with Gasteiger partial charge in [0.05, 0.1) is 16.8 Å². The normalized spacial score (nSPS) is 17.3. The Hall–Kier alpha value is -1.76. The van der Waals surface area contributed by atoms with Crippen molar-refractivity contribution in [3.05, 3.63) is 29.3 Å². The predicted octanol–water partition coefficient (Wildman–Crippen LogP) is 2.16. The minimum atomic E-state index is -4.54. The molecule has 0 aromatic heterocycles. The number of carboxylic acid groups (broad SMARTS) is 1. The highest BCUT2D eigenvalue weighted by atomic mass is 19.4. The van der Waals surface area contributed by atoms with Crippen LogP contribution in [0.4, 0.5) is 18.9 Å². The molecule has 0 atom stereocenters. The van der Waals surface area contributed by atoms with E-state index in [1.54, 1.807) is 0 Å². The minimum absolute atomic E-state index is 0.302. The van der Waals surface area contributed by atoms with Gasteiger partial charge in [-0.05, 0) is 25.2 Å². The van der Waals surface area contributed by atoms with Crippen molar-refractivity contribution in [3.63, 3.8) is 0 Å². The Morgan fingerprint density at radius 3 is 2.30 bits per heavy atom. The third kappa shape index (κ3) is 3.04. The zero-order valence-corrected chi connectivity index (χ0v) is 10.9. The second-order valence-electron chi connectivity index (χ2n) is 4.83. The first-order valence-electron chi connectivity index (χ1n) is 6.17. The number of anilines is 1. The van der Waals surface area contributed by atoms with Crippen molar-refractivity contribution in [2.24, 2.45) is 0 Å². The van der Waals surface area contributed by atoms with Crippen LogP contribution in [0, 0.1) is 0 Å². The van der Waals surface area contributed by atoms with Crippen LogP contribution in [0.1, 0.15) is 15.9 Å². The number of halogens is 3. The first-order chi connectivity index (χ1) is 9.29. The molecule has 1 heterocycles. The van der Waals surface area contributed by atoms with Crippen molar-refractivity contribution in [1.29, 1.82) is 0 Å². The molecule has 0 saturated carbocycles. The monoisotopic (exact) mass is 288 g/mol. The summed E-state index contributed by atoms with van der Waals surface area (Å²) in [6.45, 7) is 2.70. The molecule has 1 aliphatic heterocycles. The van der Waals surface area contributed by atoms with E-state index in [1.807, 2.05) is 11.9 Å². The van der Waals surface area contributed by atoms with Gasteiger partial charge in [-0.2, -0.15) is 13.2 Å². The van der Waals surface area contributed by atoms with E-state index in [1.165, 1.54) is 6.07 Å². The van der Waals surface area contributed by atoms with Gasteiger partial charge >= 0.3 is 12.1 Å². The third-order valence-corrected chi connectivity index (χ3v) is 3.40. The Labute approximate surface area is 114 Å². The van der Waals surface area contributed by atoms with Gasteiger partial charge in [0.2, 0.25) is 0 Å². The Morgan fingerprint density at radius 2 is 1.80 bits per heavy atom. The summed E-state index contributed by atoms with van der Waals surface area (Å²) in [5.41, 5.74) is -0.893. The van der Waals surface area contributed by atoms with Crippen molar-refractivity contribution in [2.45, 2.75) is 6.18 Å². The number of aromatic carboxylic acids is 1. The van der Waals surface area contributed by atoms with E-state index in [0.717, 1.165) is 19.2 Å². The third-order valence-electron chi connectivity index (χ3n) is 3.40. The highest BCUT2D eigenvalue weighted by molar-refractivity contribution is 5.94. The molecule has 1 saturated heterocycles. The Balaban J connectivity index is 2.36. The Kier molecular flexibility index (Phi) is 3.89. The van der Waals surface area contributed by atoms with E-state index in [2.05, 4.69) is 4.90 Å². The number of alkyl halides is 3. The number of carbonyl (C=O) groups is 1. The van der Waals surface area contributed by atoms with E-state index >= 15 is 0 Å². The number of hydrogen-bond acceptors (Lipinski definition) is 3. The lowest BCUT2D eigenvalue weighted by Gasteiger charge is -2.34. The lowest BCUT2D eigenvalue weighted by molar-refractivity contribution is -0.137. The van der Waals surface area contributed by atoms with Crippen LogP contribution in [0.15, 0.2) is 18.2 Å². The summed E-state index contributed by atoms with van der Waals surface area (Å²) in [4.78, 5) is 15.1. The average Bonchev–Trinajstić information content (AvgIpc) is 2.38. The second-order valence-corrected chi connectivity index (χ2v) is 4.83. The van der Waals surface area contributed by atoms with Crippen molar-refractivity contribution in [3.8, 4) is 0 Å². The molecular weight excluding hydrogens is 273 g/mol. The van der Waals surface area contributed by atoms with E-state index < -0.39 is 17.7 Å². The maximum Gasteiger partial charge on any atom is 0.416 e. The van der Waals surface area contributed by atoms with Crippen molar-refractivity contribution < 1.29 is 23.1 Å². The van der Waals surface area contributed by atoms with Crippen molar-refractivity contribution in [2.75, 3.05) is 38.1 Å². The number of nitrogens with zero attached hydrogens (tertiary/aromatic N) is 2. The number of benzene rings is 1. The maximum atomic E-state index is 12.6. The zero-order chi connectivity index (χ0) is 14.9. The summed E-state index contributed by atoms with van der Waals surface area (Å²) >= 11 is 0. The van der Waals surface area contributed by atoms with Gasteiger partial charge in [0.1, 0.15) is 0 Å². The molecule has 1 fully saturated rings. The van der Waals surface area contributed by atoms with Crippen LogP contribution >= 0.6 is 0 Å². The van der Waals surface area contributed by atoms with E-state index in [-0.39, 0.29) is 5.56 Å². The topological polar surface area (TPSA) is 43.8 Å². The molecule has 0 spiro atoms. The summed E-state index contributed by atoms with van der Waals surface area (Å²) in [6.07, 6.45) is -4.54. The fourth-order valence-corrected chi connectivity index (χ4v) is 2.21. The summed E-state index contributed by atoms with van der Waals surface area (Å²) in [5, 5.41) is 9.13. The van der Waals surface area contributed by atoms with Gasteiger partial charge in [-0.3, -0.25) is 0 Å². The predicted molar refractivity (Wildman–Crippen MR) is 68.1 cm³/mol. The fourth-order valence-electron chi connectivity index (χ4n) is 2.21. The van der Waals surface area contributed by atoms with E-state index in [4.69, 9.17) is 5.11 Å². The van der Waals surface area contributed by atoms with E-state index in [9.17, 15) is 18.0 Å². The number of hydrogen-bond donors (Lipinski definition) is 1. The highest BCUT2D eigenvalue weighted by Crippen LogP contribution is 2.33. The van der Waals surface area contributed by atoms with Gasteiger partial charge in [0, 0.05) is 26.2 Å². The first-order valence-corrected chi connectivity index (χ1v) is 6.17. The van der Waals surface area contributed by atoms with Gasteiger partial charge in [-0.1, -0.05) is 0 Å². The van der Waals surface area contributed by atoms with Gasteiger partial charge in [-0.15, -0.1) is 0 Å². The second kappa shape index (κ2) is 5.32.